The predicted molar refractivity (Wildman–Crippen MR) is 118 cm³/mol. The summed E-state index contributed by atoms with van der Waals surface area (Å²) >= 11 is 0. The van der Waals surface area contributed by atoms with Crippen LogP contribution in [0.15, 0.2) is 36.4 Å². The van der Waals surface area contributed by atoms with E-state index in [-0.39, 0.29) is 16.8 Å². The first-order valence-corrected chi connectivity index (χ1v) is 12.6. The number of ether oxygens (including phenoxy) is 1. The molecule has 1 atom stereocenters. The number of rotatable bonds is 0. The van der Waals surface area contributed by atoms with Crippen molar-refractivity contribution in [3.05, 3.63) is 53.1 Å². The lowest BCUT2D eigenvalue weighted by Crippen LogP contribution is -2.33. The topological polar surface area (TPSA) is 12.2 Å². The lowest BCUT2D eigenvalue weighted by molar-refractivity contribution is -0.492. The van der Waals surface area contributed by atoms with Crippen LogP contribution in [0.2, 0.25) is 0 Å². The van der Waals surface area contributed by atoms with Crippen LogP contribution in [-0.4, -0.2) is 30.1 Å². The van der Waals surface area contributed by atoms with Crippen molar-refractivity contribution in [2.24, 2.45) is 0 Å². The maximum atomic E-state index is 6.82. The molecular weight excluding hydrogens is 349 g/mol. The standard InChI is InChI=1S/C24H32NOP/c1-23(2,3)17-13-16-15-25-19-11-9-10-12-20(19)27(7,8)22(25)26-21(16)18(14-17)24(4,5)6/h9-15,22H,1-8H3/q+2/t22-/m0/s1. The third-order valence-corrected chi connectivity index (χ3v) is 8.94. The molecule has 2 heterocycles. The highest BCUT2D eigenvalue weighted by atomic mass is 31.2. The fourth-order valence-electron chi connectivity index (χ4n) is 4.16. The molecule has 2 aromatic rings. The molecule has 4 rings (SSSR count). The number of hydrogen-bond acceptors (Lipinski definition) is 1. The smallest absolute Gasteiger partial charge is 0.403 e. The Bertz CT molecular complexity index is 957. The van der Waals surface area contributed by atoms with Crippen LogP contribution in [0.25, 0.3) is 0 Å². The molecule has 2 aromatic carbocycles. The van der Waals surface area contributed by atoms with E-state index in [2.05, 4.69) is 102 Å². The second-order valence-electron chi connectivity index (χ2n) is 10.5. The van der Waals surface area contributed by atoms with Gasteiger partial charge in [0.15, 0.2) is 18.8 Å². The zero-order valence-corrected chi connectivity index (χ0v) is 18.8. The van der Waals surface area contributed by atoms with Crippen LogP contribution in [0.4, 0.5) is 5.69 Å². The Morgan fingerprint density at radius 1 is 0.926 bits per heavy atom. The van der Waals surface area contributed by atoms with Crippen LogP contribution in [0.3, 0.4) is 0 Å². The van der Waals surface area contributed by atoms with E-state index >= 15 is 0 Å². The maximum absolute atomic E-state index is 6.82. The van der Waals surface area contributed by atoms with Crippen LogP contribution in [0, 0.1) is 0 Å². The van der Waals surface area contributed by atoms with Crippen LogP contribution >= 0.6 is 7.26 Å². The Hall–Kier alpha value is -1.66. The van der Waals surface area contributed by atoms with Gasteiger partial charge in [-0.1, -0.05) is 59.7 Å². The van der Waals surface area contributed by atoms with E-state index in [1.807, 2.05) is 0 Å². The Morgan fingerprint density at radius 3 is 2.22 bits per heavy atom. The predicted octanol–water partition coefficient (Wildman–Crippen LogP) is 5.64. The van der Waals surface area contributed by atoms with Crippen LogP contribution < -0.4 is 10.0 Å². The highest BCUT2D eigenvalue weighted by Crippen LogP contribution is 2.63. The number of hydrogen-bond donors (Lipinski definition) is 0. The molecule has 27 heavy (non-hydrogen) atoms. The van der Waals surface area contributed by atoms with Crippen molar-refractivity contribution in [3.8, 4) is 5.75 Å². The molecule has 0 spiro atoms. The highest BCUT2D eigenvalue weighted by molar-refractivity contribution is 7.82. The third-order valence-electron chi connectivity index (χ3n) is 5.86. The average molecular weight is 382 g/mol. The highest BCUT2D eigenvalue weighted by Gasteiger charge is 2.60. The number of para-hydroxylation sites is 1. The summed E-state index contributed by atoms with van der Waals surface area (Å²) < 4.78 is 9.20. The largest absolute Gasteiger partial charge is 0.408 e. The molecular formula is C24H32NOP+2. The van der Waals surface area contributed by atoms with Crippen molar-refractivity contribution in [2.75, 3.05) is 13.3 Å². The molecule has 2 nitrogen and oxygen atoms in total. The summed E-state index contributed by atoms with van der Waals surface area (Å²) in [4.78, 5) is 0. The molecule has 0 fully saturated rings. The normalized spacial score (nSPS) is 20.3. The number of benzene rings is 2. The van der Waals surface area contributed by atoms with E-state index < -0.39 is 7.26 Å². The van der Waals surface area contributed by atoms with Gasteiger partial charge >= 0.3 is 5.97 Å². The van der Waals surface area contributed by atoms with Crippen molar-refractivity contribution < 1.29 is 9.31 Å². The van der Waals surface area contributed by atoms with Gasteiger partial charge in [0.05, 0.1) is 18.9 Å². The van der Waals surface area contributed by atoms with Crippen molar-refractivity contribution in [2.45, 2.75) is 58.3 Å². The second-order valence-corrected chi connectivity index (χ2v) is 14.5. The minimum atomic E-state index is -1.41. The van der Waals surface area contributed by atoms with E-state index in [1.54, 1.807) is 0 Å². The monoisotopic (exact) mass is 381 g/mol. The Labute approximate surface area is 164 Å². The van der Waals surface area contributed by atoms with Gasteiger partial charge < -0.3 is 4.74 Å². The van der Waals surface area contributed by atoms with E-state index in [1.165, 1.54) is 27.7 Å². The Balaban J connectivity index is 1.99. The van der Waals surface area contributed by atoms with Gasteiger partial charge in [-0.25, -0.2) is 0 Å². The molecule has 142 valence electrons. The quantitative estimate of drug-likeness (QED) is 0.425. The molecule has 0 radical (unpaired) electrons. The fraction of sp³-hybridized carbons (Fsp3) is 0.458. The van der Waals surface area contributed by atoms with E-state index in [9.17, 15) is 0 Å². The minimum Gasteiger partial charge on any atom is -0.403 e. The summed E-state index contributed by atoms with van der Waals surface area (Å²) in [6.07, 6.45) is 2.33. The minimum absolute atomic E-state index is 0.0371. The van der Waals surface area contributed by atoms with E-state index in [0.29, 0.717) is 0 Å². The zero-order chi connectivity index (χ0) is 19.8. The summed E-state index contributed by atoms with van der Waals surface area (Å²) in [7, 11) is -1.41. The van der Waals surface area contributed by atoms with Gasteiger partial charge in [0, 0.05) is 11.6 Å². The molecule has 0 amide bonds. The molecule has 0 unspecified atom stereocenters. The first-order valence-electron chi connectivity index (χ1n) is 9.83. The van der Waals surface area contributed by atoms with Gasteiger partial charge in [0.1, 0.15) is 5.75 Å². The maximum Gasteiger partial charge on any atom is 0.408 e. The summed E-state index contributed by atoms with van der Waals surface area (Å²) in [6, 6.07) is 13.5. The van der Waals surface area contributed by atoms with Crippen molar-refractivity contribution in [1.29, 1.82) is 0 Å². The van der Waals surface area contributed by atoms with Crippen molar-refractivity contribution >= 4 is 24.5 Å². The lowest BCUT2D eigenvalue weighted by Gasteiger charge is -2.30. The van der Waals surface area contributed by atoms with Gasteiger partial charge in [-0.15, -0.1) is 4.58 Å². The van der Waals surface area contributed by atoms with Gasteiger partial charge in [-0.2, -0.15) is 0 Å². The first kappa shape index (κ1) is 18.7. The first-order chi connectivity index (χ1) is 12.4. The van der Waals surface area contributed by atoms with Crippen LogP contribution in [0.5, 0.6) is 5.75 Å². The number of fused-ring (bicyclic) bond motifs is 4. The zero-order valence-electron chi connectivity index (χ0n) is 17.9. The van der Waals surface area contributed by atoms with E-state index in [0.717, 1.165) is 5.75 Å². The molecule has 0 saturated heterocycles. The van der Waals surface area contributed by atoms with Gasteiger partial charge in [0.25, 0.3) is 5.69 Å². The summed E-state index contributed by atoms with van der Waals surface area (Å²) in [6.45, 7) is 18.5. The summed E-state index contributed by atoms with van der Waals surface area (Å²) in [5.74, 6) is 1.18. The molecule has 0 aromatic heterocycles. The van der Waals surface area contributed by atoms with Gasteiger partial charge in [-0.05, 0) is 28.5 Å². The third kappa shape index (κ3) is 2.85. The van der Waals surface area contributed by atoms with E-state index in [4.69, 9.17) is 4.74 Å². The Morgan fingerprint density at radius 2 is 1.59 bits per heavy atom. The molecule has 3 heteroatoms. The number of nitrogens with zero attached hydrogens (tertiary/aromatic N) is 1. The molecule has 0 N–H and O–H groups in total. The van der Waals surface area contributed by atoms with Crippen molar-refractivity contribution in [1.82, 2.24) is 0 Å². The average Bonchev–Trinajstić information content (AvgIpc) is 2.78. The molecule has 2 aliphatic rings. The summed E-state index contributed by atoms with van der Waals surface area (Å²) in [5, 5.41) is 1.47. The summed E-state index contributed by atoms with van der Waals surface area (Å²) in [5.41, 5.74) is 5.35. The van der Waals surface area contributed by atoms with Crippen LogP contribution in [0.1, 0.15) is 58.2 Å². The molecule has 0 bridgehead atoms. The van der Waals surface area contributed by atoms with Gasteiger partial charge in [0.2, 0.25) is 0 Å². The lowest BCUT2D eigenvalue weighted by atomic mass is 9.79. The fourth-order valence-corrected chi connectivity index (χ4v) is 6.84. The molecule has 2 aliphatic heterocycles. The Kier molecular flexibility index (Phi) is 3.93. The van der Waals surface area contributed by atoms with Gasteiger partial charge in [-0.3, -0.25) is 0 Å². The van der Waals surface area contributed by atoms with Crippen molar-refractivity contribution in [3.63, 3.8) is 0 Å². The SMILES string of the molecule is CC(C)(C)c1cc2c(c(C(C)(C)C)c1)O[C@@H]1[N+](=C2)c2ccccc2[P+]1(C)C. The second kappa shape index (κ2) is 5.67. The van der Waals surface area contributed by atoms with Crippen LogP contribution in [-0.2, 0) is 10.8 Å². The molecule has 0 aliphatic carbocycles. The molecule has 0 saturated carbocycles.